The van der Waals surface area contributed by atoms with Gasteiger partial charge in [0.15, 0.2) is 41.8 Å². The number of primary amides is 1. The molecule has 39 heteroatoms. The number of fused-ring (bicyclic) bond motifs is 4. The molecule has 33 nitrogen and oxygen atoms in total. The molecule has 10 N–H and O–H groups in total. The largest absolute Gasteiger partial charge is 0.463 e. The lowest BCUT2D eigenvalue weighted by Crippen LogP contribution is -2.46. The summed E-state index contributed by atoms with van der Waals surface area (Å²) in [5.41, 5.74) is 12.5. The monoisotopic (exact) mass is 1350 g/mol. The van der Waals surface area contributed by atoms with Crippen LogP contribution in [0.5, 0.6) is 0 Å². The van der Waals surface area contributed by atoms with E-state index in [0.717, 1.165) is 34.6 Å². The smallest absolute Gasteiger partial charge is 0.409 e. The number of hydrogen-bond acceptors (Lipinski definition) is 24. The molecule has 4 aliphatic heterocycles. The van der Waals surface area contributed by atoms with E-state index in [-0.39, 0.29) is 92.4 Å². The van der Waals surface area contributed by atoms with Gasteiger partial charge in [0.25, 0.3) is 17.5 Å². The number of urea groups is 1. The van der Waals surface area contributed by atoms with Gasteiger partial charge < -0.3 is 75.1 Å². The van der Waals surface area contributed by atoms with Gasteiger partial charge in [0.05, 0.1) is 44.2 Å². The number of halogens is 2. The molecule has 1 aromatic carbocycles. The Balaban J connectivity index is 0.738. The quantitative estimate of drug-likeness (QED) is 0.0150. The summed E-state index contributed by atoms with van der Waals surface area (Å²) in [6, 6.07) is 4.53. The maximum atomic E-state index is 16.7. The zero-order chi connectivity index (χ0) is 65.5. The highest BCUT2D eigenvalue weighted by molar-refractivity contribution is 8.07. The van der Waals surface area contributed by atoms with Crippen molar-refractivity contribution >= 4 is 118 Å². The van der Waals surface area contributed by atoms with E-state index in [1.807, 2.05) is 0 Å². The molecule has 7 amide bonds. The Labute approximate surface area is 525 Å². The van der Waals surface area contributed by atoms with Crippen LogP contribution in [0.25, 0.3) is 22.3 Å². The van der Waals surface area contributed by atoms with Crippen LogP contribution in [0.2, 0.25) is 0 Å². The number of nitrogens with one attached hydrogen (secondary N) is 4. The second-order valence-electron chi connectivity index (χ2n) is 21.5. The normalized spacial score (nSPS) is 25.7. The highest BCUT2D eigenvalue weighted by Crippen LogP contribution is 2.54. The van der Waals surface area contributed by atoms with Crippen molar-refractivity contribution < 1.29 is 98.5 Å². The number of carbonyl (C=O) groups excluding carboxylic acids is 8. The number of imidazole rings is 2. The standard InChI is InChI=1S/C52H63F2N15O18P2S2/c1-26(2)40(65-34(71)12-14-67-35(72)10-11-36(67)73)31(70)17-28(5-4-13-57-51(56)76)48(75)64-29-8-6-27(7-9-29)19-81-52(77)66(3)15-16-80-37(74)18-30-41-46(60-22-58-30)68(24-62-41)49-38(53)43-32(84-49)20-82-89(79,91)87-44-33(21-83-88(78,90)86-43)85-50(39(44)54)69-25-63-45(55)42-47(69)61-23-59-42/h6-11,22-26,28,32-33,38-40,43-44,49-50H,4-5,12-21H2,1-3H3,(H9,55,56,57,59,61,64,65,71,75,76,78,79,90,91)/p+1/t28-,32-,33-,38-,39-,40+,43-,44-,49-,50-,88?,89?/m1/s1. The Hall–Kier alpha value is -7.54. The molecule has 0 aliphatic carbocycles. The van der Waals surface area contributed by atoms with E-state index < -0.39 is 148 Å². The van der Waals surface area contributed by atoms with Crippen LogP contribution >= 0.6 is 13.4 Å². The number of carbonyl (C=O) groups is 8. The first kappa shape index (κ1) is 67.8. The van der Waals surface area contributed by atoms with Crippen molar-refractivity contribution in [2.45, 2.75) is 108 Å². The van der Waals surface area contributed by atoms with E-state index in [2.05, 4.69) is 45.9 Å². The van der Waals surface area contributed by atoms with E-state index in [0.29, 0.717) is 11.3 Å². The number of Topliss-reactive ketones (excluding diaryl/α,β-unsaturated/α-hetero) is 1. The fraction of sp³-hybridized carbons (Fsp3) is 0.500. The highest BCUT2D eigenvalue weighted by Gasteiger charge is 2.55. The number of nitrogens with two attached hydrogens (primary N) is 2. The number of rotatable bonds is 23. The number of nitrogens with zero attached hydrogens (tertiary/aromatic N) is 9. The van der Waals surface area contributed by atoms with Crippen molar-refractivity contribution in [3.8, 4) is 0 Å². The number of aromatic nitrogens is 8. The molecule has 12 atom stereocenters. The molecule has 0 spiro atoms. The summed E-state index contributed by atoms with van der Waals surface area (Å²) < 4.78 is 80.8. The summed E-state index contributed by atoms with van der Waals surface area (Å²) >= 11 is 10.5. The maximum Gasteiger partial charge on any atom is 0.409 e. The SMILES string of the molecule is CC(C)[C@H](NC(=O)CCN1C(=O)C=CC1=O)C(=O)C[C@@H](CCCNC(N)=O)C(=O)Nc1ccc(COC(=O)N(C)CCOC(=O)Cc2ncnc3c2ncn3[C@@H]2O[C@@H]3COP(O)(=S)O[C@H]4[C@@H](F)[C@H]([n+]5cnc(N)c6[nH]cnc65)O[C@@H]4COP(O)(=S)O[C@H]3[C@H]2F)cc1. The van der Waals surface area contributed by atoms with Crippen molar-refractivity contribution in [1.82, 2.24) is 54.9 Å². The zero-order valence-electron chi connectivity index (χ0n) is 48.7. The van der Waals surface area contributed by atoms with Gasteiger partial charge >= 0.3 is 31.5 Å². The first-order chi connectivity index (χ1) is 43.3. The van der Waals surface area contributed by atoms with Crippen molar-refractivity contribution in [2.24, 2.45) is 17.6 Å². The van der Waals surface area contributed by atoms with E-state index in [1.165, 1.54) is 28.8 Å². The third-order valence-corrected chi connectivity index (χ3v) is 17.9. The molecule has 5 aromatic rings. The number of imide groups is 1. The van der Waals surface area contributed by atoms with Crippen LogP contribution in [0.4, 0.5) is 29.9 Å². The van der Waals surface area contributed by atoms with Crippen molar-refractivity contribution in [2.75, 3.05) is 57.6 Å². The molecular formula is C52H64F2N15O18P2S2+. The van der Waals surface area contributed by atoms with Gasteiger partial charge in [-0.15, -0.1) is 0 Å². The van der Waals surface area contributed by atoms with Gasteiger partial charge in [0, 0.05) is 56.7 Å². The predicted molar refractivity (Wildman–Crippen MR) is 316 cm³/mol. The van der Waals surface area contributed by atoms with Crippen LogP contribution < -0.4 is 32.0 Å². The Kier molecular flexibility index (Phi) is 21.9. The zero-order valence-corrected chi connectivity index (χ0v) is 52.1. The lowest BCUT2D eigenvalue weighted by Gasteiger charge is -2.29. The van der Waals surface area contributed by atoms with E-state index in [9.17, 15) is 48.1 Å². The number of anilines is 2. The number of alkyl halides is 2. The van der Waals surface area contributed by atoms with E-state index in [1.54, 1.807) is 38.1 Å². The van der Waals surface area contributed by atoms with Crippen molar-refractivity contribution in [3.63, 3.8) is 0 Å². The maximum absolute atomic E-state index is 16.7. The Morgan fingerprint density at radius 1 is 0.934 bits per heavy atom. The molecule has 2 unspecified atom stereocenters. The van der Waals surface area contributed by atoms with E-state index in [4.69, 9.17) is 72.1 Å². The summed E-state index contributed by atoms with van der Waals surface area (Å²) in [5.74, 6) is -4.65. The number of hydrogen-bond donors (Lipinski definition) is 8. The van der Waals surface area contributed by atoms with Gasteiger partial charge in [-0.25, -0.2) is 37.9 Å². The first-order valence-electron chi connectivity index (χ1n) is 28.1. The molecule has 0 radical (unpaired) electrons. The molecule has 0 saturated carbocycles. The van der Waals surface area contributed by atoms with Gasteiger partial charge in [-0.3, -0.25) is 47.3 Å². The van der Waals surface area contributed by atoms with Crippen LogP contribution in [0.1, 0.15) is 63.2 Å². The number of ketones is 1. The molecular weight excluding hydrogens is 1290 g/mol. The highest BCUT2D eigenvalue weighted by atomic mass is 32.5. The molecule has 8 heterocycles. The molecule has 91 heavy (non-hydrogen) atoms. The Morgan fingerprint density at radius 2 is 1.62 bits per heavy atom. The minimum atomic E-state index is -4.42. The average Bonchev–Trinajstić information content (AvgIpc) is 1.63. The minimum Gasteiger partial charge on any atom is -0.463 e. The van der Waals surface area contributed by atoms with Crippen LogP contribution in [0.3, 0.4) is 0 Å². The Morgan fingerprint density at radius 3 is 2.30 bits per heavy atom. The molecule has 4 aromatic heterocycles. The second kappa shape index (κ2) is 29.4. The van der Waals surface area contributed by atoms with Gasteiger partial charge in [0.2, 0.25) is 30.2 Å². The van der Waals surface area contributed by atoms with Crippen LogP contribution in [0.15, 0.2) is 61.7 Å². The first-order valence-corrected chi connectivity index (χ1v) is 33.3. The number of amides is 7. The average molecular weight is 1350 g/mol. The summed E-state index contributed by atoms with van der Waals surface area (Å²) in [6.07, 6.45) is -8.01. The lowest BCUT2D eigenvalue weighted by molar-refractivity contribution is -0.745. The van der Waals surface area contributed by atoms with Crippen LogP contribution in [-0.2, 0) is 102 Å². The number of aromatic amines is 1. The molecule has 490 valence electrons. The molecule has 9 rings (SSSR count). The van der Waals surface area contributed by atoms with Gasteiger partial charge in [-0.05, 0) is 60.1 Å². The van der Waals surface area contributed by atoms with Crippen LogP contribution in [-0.4, -0.2) is 191 Å². The van der Waals surface area contributed by atoms with Crippen LogP contribution in [0, 0.1) is 11.8 Å². The number of nitrogen functional groups attached to an aromatic ring is 1. The summed E-state index contributed by atoms with van der Waals surface area (Å²) in [7, 11) is 1.41. The fourth-order valence-electron chi connectivity index (χ4n) is 10.1. The van der Waals surface area contributed by atoms with E-state index >= 15 is 8.78 Å². The lowest BCUT2D eigenvalue weighted by atomic mass is 9.89. The van der Waals surface area contributed by atoms with Gasteiger partial charge in [0.1, 0.15) is 49.5 Å². The Bertz CT molecular complexity index is 3690. The number of ether oxygens (including phenoxy) is 4. The third kappa shape index (κ3) is 16.8. The minimum absolute atomic E-state index is 0.0115. The second-order valence-corrected chi connectivity index (χ2v) is 27.1. The predicted octanol–water partition coefficient (Wildman–Crippen LogP) is 1.16. The summed E-state index contributed by atoms with van der Waals surface area (Å²) in [4.78, 5) is 150. The number of benzene rings is 1. The summed E-state index contributed by atoms with van der Waals surface area (Å²) in [5, 5.41) is 7.89. The molecule has 3 saturated heterocycles. The topological polar surface area (TPSA) is 435 Å². The fourth-order valence-corrected chi connectivity index (χ4v) is 13.0. The van der Waals surface area contributed by atoms with Gasteiger partial charge in [-0.1, -0.05) is 35.9 Å². The number of H-pyrrole nitrogens is 1. The van der Waals surface area contributed by atoms with Crippen molar-refractivity contribution in [3.05, 3.63) is 73.0 Å². The van der Waals surface area contributed by atoms with Crippen molar-refractivity contribution in [1.29, 1.82) is 0 Å². The number of esters is 1. The molecule has 4 aliphatic rings. The van der Waals surface area contributed by atoms with Gasteiger partial charge in [-0.2, -0.15) is 0 Å². The third-order valence-electron chi connectivity index (χ3n) is 14.8. The molecule has 0 bridgehead atoms. The molecule has 3 fully saturated rings. The summed E-state index contributed by atoms with van der Waals surface area (Å²) in [6.45, 7) is -7.44. The number of likely N-dealkylation sites (N-methyl/N-ethyl adjacent to an activating group) is 1.